The van der Waals surface area contributed by atoms with E-state index in [1.165, 1.54) is 7.11 Å². The molecule has 6 heteroatoms. The van der Waals surface area contributed by atoms with Crippen LogP contribution in [0.25, 0.3) is 0 Å². The average Bonchev–Trinajstić information content (AvgIpc) is 2.36. The molecule has 0 aliphatic rings. The zero-order valence-electron chi connectivity index (χ0n) is 12.0. The van der Waals surface area contributed by atoms with Gasteiger partial charge in [-0.3, -0.25) is 4.79 Å². The lowest BCUT2D eigenvalue weighted by atomic mass is 10.1. The second-order valence-corrected chi connectivity index (χ2v) is 6.82. The molecule has 112 valence electrons. The van der Waals surface area contributed by atoms with Gasteiger partial charge in [-0.2, -0.15) is 0 Å². The predicted octanol–water partition coefficient (Wildman–Crippen LogP) is 1.69. The maximum absolute atomic E-state index is 12.1. The van der Waals surface area contributed by atoms with E-state index in [2.05, 4.69) is 9.46 Å². The van der Waals surface area contributed by atoms with Gasteiger partial charge in [-0.15, -0.1) is 0 Å². The maximum Gasteiger partial charge on any atom is 0.323 e. The normalized spacial score (nSPS) is 13.2. The van der Waals surface area contributed by atoms with Crippen LogP contribution in [0, 0.1) is 5.92 Å². The summed E-state index contributed by atoms with van der Waals surface area (Å²) in [7, 11) is -2.33. The molecule has 0 fully saturated rings. The molecular weight excluding hydrogens is 278 g/mol. The number of sulfonamides is 1. The van der Waals surface area contributed by atoms with Gasteiger partial charge in [-0.25, -0.2) is 13.1 Å². The fourth-order valence-electron chi connectivity index (χ4n) is 1.86. The van der Waals surface area contributed by atoms with Crippen molar-refractivity contribution in [2.75, 3.05) is 7.11 Å². The number of benzene rings is 1. The summed E-state index contributed by atoms with van der Waals surface area (Å²) in [5.74, 6) is -0.534. The zero-order chi connectivity index (χ0) is 15.2. The monoisotopic (exact) mass is 299 g/mol. The highest BCUT2D eigenvalue weighted by molar-refractivity contribution is 7.88. The molecule has 0 radical (unpaired) electrons. The second kappa shape index (κ2) is 7.40. The van der Waals surface area contributed by atoms with E-state index in [0.29, 0.717) is 12.0 Å². The lowest BCUT2D eigenvalue weighted by Gasteiger charge is -2.18. The fourth-order valence-corrected chi connectivity index (χ4v) is 3.20. The summed E-state index contributed by atoms with van der Waals surface area (Å²) < 4.78 is 31.3. The first-order valence-corrected chi connectivity index (χ1v) is 8.11. The van der Waals surface area contributed by atoms with Crippen LogP contribution in [-0.2, 0) is 25.3 Å². The summed E-state index contributed by atoms with van der Waals surface area (Å²) in [4.78, 5) is 11.6. The standard InChI is InChI=1S/C14H21NO4S/c1-11(2)9-13(14(16)19-3)15-20(17,18)10-12-7-5-4-6-8-12/h4-8,11,13,15H,9-10H2,1-3H3. The molecule has 0 saturated heterocycles. The van der Waals surface area contributed by atoms with Gasteiger partial charge in [0, 0.05) is 0 Å². The molecular formula is C14H21NO4S. The molecule has 1 unspecified atom stereocenters. The highest BCUT2D eigenvalue weighted by Gasteiger charge is 2.26. The Hall–Kier alpha value is -1.40. The van der Waals surface area contributed by atoms with Crippen LogP contribution >= 0.6 is 0 Å². The number of carbonyl (C=O) groups is 1. The lowest BCUT2D eigenvalue weighted by Crippen LogP contribution is -2.42. The van der Waals surface area contributed by atoms with E-state index >= 15 is 0 Å². The maximum atomic E-state index is 12.1. The third-order valence-electron chi connectivity index (χ3n) is 2.71. The molecule has 0 bridgehead atoms. The Balaban J connectivity index is 2.78. The van der Waals surface area contributed by atoms with Crippen LogP contribution in [0.15, 0.2) is 30.3 Å². The minimum absolute atomic E-state index is 0.153. The topological polar surface area (TPSA) is 72.5 Å². The molecule has 1 aromatic rings. The van der Waals surface area contributed by atoms with Gasteiger partial charge in [0.1, 0.15) is 6.04 Å². The number of nitrogens with one attached hydrogen (secondary N) is 1. The van der Waals surface area contributed by atoms with Gasteiger partial charge >= 0.3 is 5.97 Å². The Labute approximate surface area is 120 Å². The molecule has 5 nitrogen and oxygen atoms in total. The molecule has 0 aromatic heterocycles. The zero-order valence-corrected chi connectivity index (χ0v) is 12.8. The van der Waals surface area contributed by atoms with E-state index in [0.717, 1.165) is 0 Å². The Morgan fingerprint density at radius 3 is 2.35 bits per heavy atom. The van der Waals surface area contributed by atoms with Crippen LogP contribution in [0.5, 0.6) is 0 Å². The van der Waals surface area contributed by atoms with Gasteiger partial charge in [0.2, 0.25) is 10.0 Å². The molecule has 20 heavy (non-hydrogen) atoms. The van der Waals surface area contributed by atoms with Crippen LogP contribution in [0.2, 0.25) is 0 Å². The van der Waals surface area contributed by atoms with E-state index in [-0.39, 0.29) is 11.7 Å². The van der Waals surface area contributed by atoms with E-state index in [1.54, 1.807) is 24.3 Å². The summed E-state index contributed by atoms with van der Waals surface area (Å²) in [5.41, 5.74) is 0.674. The summed E-state index contributed by atoms with van der Waals surface area (Å²) in [5, 5.41) is 0. The number of hydrogen-bond acceptors (Lipinski definition) is 4. The highest BCUT2D eigenvalue weighted by Crippen LogP contribution is 2.10. The minimum Gasteiger partial charge on any atom is -0.468 e. The quantitative estimate of drug-likeness (QED) is 0.778. The van der Waals surface area contributed by atoms with Crippen molar-refractivity contribution in [3.63, 3.8) is 0 Å². The second-order valence-electron chi connectivity index (χ2n) is 5.07. The molecule has 1 rings (SSSR count). The molecule has 0 amide bonds. The molecule has 0 heterocycles. The van der Waals surface area contributed by atoms with Crippen LogP contribution in [0.1, 0.15) is 25.8 Å². The first kappa shape index (κ1) is 16.7. The van der Waals surface area contributed by atoms with Gasteiger partial charge in [0.25, 0.3) is 0 Å². The summed E-state index contributed by atoms with van der Waals surface area (Å²) >= 11 is 0. The summed E-state index contributed by atoms with van der Waals surface area (Å²) in [6.45, 7) is 3.84. The van der Waals surface area contributed by atoms with Crippen LogP contribution in [0.3, 0.4) is 0 Å². The highest BCUT2D eigenvalue weighted by atomic mass is 32.2. The first-order valence-electron chi connectivity index (χ1n) is 6.46. The summed E-state index contributed by atoms with van der Waals surface area (Å²) in [6.07, 6.45) is 0.403. The fraction of sp³-hybridized carbons (Fsp3) is 0.500. The SMILES string of the molecule is COC(=O)C(CC(C)C)NS(=O)(=O)Cc1ccccc1. The smallest absolute Gasteiger partial charge is 0.323 e. The van der Waals surface area contributed by atoms with E-state index in [4.69, 9.17) is 0 Å². The Morgan fingerprint density at radius 2 is 1.85 bits per heavy atom. The Bertz CT molecular complexity index is 525. The minimum atomic E-state index is -3.59. The van der Waals surface area contributed by atoms with Crippen molar-refractivity contribution in [2.45, 2.75) is 32.1 Å². The molecule has 0 aliphatic heterocycles. The molecule has 1 atom stereocenters. The van der Waals surface area contributed by atoms with Crippen molar-refractivity contribution < 1.29 is 17.9 Å². The third kappa shape index (κ3) is 5.71. The van der Waals surface area contributed by atoms with Crippen molar-refractivity contribution >= 4 is 16.0 Å². The van der Waals surface area contributed by atoms with Gasteiger partial charge in [-0.05, 0) is 17.9 Å². The van der Waals surface area contributed by atoms with Crippen molar-refractivity contribution in [2.24, 2.45) is 5.92 Å². The Kier molecular flexibility index (Phi) is 6.16. The number of hydrogen-bond donors (Lipinski definition) is 1. The molecule has 1 N–H and O–H groups in total. The number of methoxy groups -OCH3 is 1. The molecule has 0 saturated carbocycles. The van der Waals surface area contributed by atoms with E-state index < -0.39 is 22.0 Å². The van der Waals surface area contributed by atoms with Gasteiger partial charge in [0.05, 0.1) is 12.9 Å². The number of esters is 1. The molecule has 0 spiro atoms. The van der Waals surface area contributed by atoms with E-state index in [9.17, 15) is 13.2 Å². The number of rotatable bonds is 7. The van der Waals surface area contributed by atoms with Gasteiger partial charge in [0.15, 0.2) is 0 Å². The van der Waals surface area contributed by atoms with Gasteiger partial charge in [-0.1, -0.05) is 44.2 Å². The lowest BCUT2D eigenvalue weighted by molar-refractivity contribution is -0.143. The van der Waals surface area contributed by atoms with Crippen LogP contribution in [-0.4, -0.2) is 27.5 Å². The summed E-state index contributed by atoms with van der Waals surface area (Å²) in [6, 6.07) is 7.99. The number of ether oxygens (including phenoxy) is 1. The van der Waals surface area contributed by atoms with Crippen LogP contribution in [0.4, 0.5) is 0 Å². The van der Waals surface area contributed by atoms with Gasteiger partial charge < -0.3 is 4.74 Å². The van der Waals surface area contributed by atoms with Crippen molar-refractivity contribution in [1.29, 1.82) is 0 Å². The first-order chi connectivity index (χ1) is 9.34. The van der Waals surface area contributed by atoms with Crippen molar-refractivity contribution in [3.8, 4) is 0 Å². The Morgan fingerprint density at radius 1 is 1.25 bits per heavy atom. The van der Waals surface area contributed by atoms with E-state index in [1.807, 2.05) is 19.9 Å². The predicted molar refractivity (Wildman–Crippen MR) is 77.5 cm³/mol. The largest absolute Gasteiger partial charge is 0.468 e. The van der Waals surface area contributed by atoms with Crippen molar-refractivity contribution in [3.05, 3.63) is 35.9 Å². The average molecular weight is 299 g/mol. The molecule has 0 aliphatic carbocycles. The van der Waals surface area contributed by atoms with Crippen molar-refractivity contribution in [1.82, 2.24) is 4.72 Å². The molecule has 1 aromatic carbocycles. The third-order valence-corrected chi connectivity index (χ3v) is 4.07. The number of carbonyl (C=O) groups excluding carboxylic acids is 1. The van der Waals surface area contributed by atoms with Crippen LogP contribution < -0.4 is 4.72 Å².